The van der Waals surface area contributed by atoms with Crippen molar-refractivity contribution < 1.29 is 4.94 Å². The summed E-state index contributed by atoms with van der Waals surface area (Å²) < 4.78 is 0. The Morgan fingerprint density at radius 3 is 2.65 bits per heavy atom. The van der Waals surface area contributed by atoms with Crippen molar-refractivity contribution in [1.29, 1.82) is 0 Å². The molecule has 6 heteroatoms. The molecule has 0 fully saturated rings. The highest BCUT2D eigenvalue weighted by Crippen LogP contribution is 2.11. The summed E-state index contributed by atoms with van der Waals surface area (Å²) in [6.45, 7) is 0. The lowest BCUT2D eigenvalue weighted by molar-refractivity contribution is -0.00878. The zero-order chi connectivity index (χ0) is 11.5. The van der Waals surface area contributed by atoms with Crippen LogP contribution in [0.2, 0.25) is 0 Å². The molecule has 0 radical (unpaired) electrons. The Labute approximate surface area is 97.0 Å². The lowest BCUT2D eigenvalue weighted by Crippen LogP contribution is -2.18. The van der Waals surface area contributed by atoms with Crippen LogP contribution in [-0.4, -0.2) is 24.9 Å². The molecule has 3 heterocycles. The van der Waals surface area contributed by atoms with Gasteiger partial charge in [0, 0.05) is 6.20 Å². The molecule has 0 atom stereocenters. The molecule has 0 saturated heterocycles. The standard InChI is InChI=1S/C11H9N5O/c1-2-6-12-10(4-1)11-5-9-16(14-11)17-15-8-3-7-13-15/h1-9H. The minimum atomic E-state index is 0.748. The molecular weight excluding hydrogens is 218 g/mol. The molecule has 0 bridgehead atoms. The predicted molar refractivity (Wildman–Crippen MR) is 59.7 cm³/mol. The van der Waals surface area contributed by atoms with Crippen LogP contribution < -0.4 is 4.94 Å². The van der Waals surface area contributed by atoms with Crippen LogP contribution >= 0.6 is 0 Å². The monoisotopic (exact) mass is 227 g/mol. The summed E-state index contributed by atoms with van der Waals surface area (Å²) >= 11 is 0. The van der Waals surface area contributed by atoms with Gasteiger partial charge < -0.3 is 0 Å². The molecule has 0 unspecified atom stereocenters. The van der Waals surface area contributed by atoms with Crippen molar-refractivity contribution in [3.05, 3.63) is 55.1 Å². The van der Waals surface area contributed by atoms with Crippen molar-refractivity contribution >= 4 is 0 Å². The highest BCUT2D eigenvalue weighted by atomic mass is 16.8. The van der Waals surface area contributed by atoms with Gasteiger partial charge in [-0.1, -0.05) is 15.8 Å². The van der Waals surface area contributed by atoms with Gasteiger partial charge in [-0.3, -0.25) is 4.98 Å². The van der Waals surface area contributed by atoms with Gasteiger partial charge in [0.15, 0.2) is 0 Å². The van der Waals surface area contributed by atoms with E-state index in [1.54, 1.807) is 30.9 Å². The second-order valence-electron chi connectivity index (χ2n) is 3.31. The molecule has 0 amide bonds. The summed E-state index contributed by atoms with van der Waals surface area (Å²) in [7, 11) is 0. The Kier molecular flexibility index (Phi) is 2.31. The van der Waals surface area contributed by atoms with Crippen LogP contribution in [0, 0.1) is 0 Å². The molecule has 17 heavy (non-hydrogen) atoms. The maximum absolute atomic E-state index is 5.30. The van der Waals surface area contributed by atoms with E-state index in [0.717, 1.165) is 11.4 Å². The van der Waals surface area contributed by atoms with E-state index < -0.39 is 0 Å². The van der Waals surface area contributed by atoms with Gasteiger partial charge in [-0.2, -0.15) is 0 Å². The molecular formula is C11H9N5O. The van der Waals surface area contributed by atoms with Gasteiger partial charge in [-0.05, 0) is 24.3 Å². The van der Waals surface area contributed by atoms with Gasteiger partial charge in [-0.25, -0.2) is 4.94 Å². The number of hydrogen-bond donors (Lipinski definition) is 0. The molecule has 0 aromatic carbocycles. The third-order valence-electron chi connectivity index (χ3n) is 2.14. The fourth-order valence-electron chi connectivity index (χ4n) is 1.39. The molecule has 0 aliphatic rings. The Morgan fingerprint density at radius 2 is 1.88 bits per heavy atom. The van der Waals surface area contributed by atoms with Crippen LogP contribution in [0.1, 0.15) is 0 Å². The van der Waals surface area contributed by atoms with E-state index >= 15 is 0 Å². The first-order valence-corrected chi connectivity index (χ1v) is 5.07. The minimum Gasteiger partial charge on any atom is -0.255 e. The first-order chi connectivity index (χ1) is 8.42. The predicted octanol–water partition coefficient (Wildman–Crippen LogP) is 1.03. The molecule has 0 N–H and O–H groups in total. The van der Waals surface area contributed by atoms with Crippen molar-refractivity contribution in [1.82, 2.24) is 24.9 Å². The Hall–Kier alpha value is -2.63. The summed E-state index contributed by atoms with van der Waals surface area (Å²) in [5.74, 6) is 0. The summed E-state index contributed by atoms with van der Waals surface area (Å²) in [5, 5.41) is 8.14. The summed E-state index contributed by atoms with van der Waals surface area (Å²) in [5.41, 5.74) is 1.55. The lowest BCUT2D eigenvalue weighted by atomic mass is 10.3. The second-order valence-corrected chi connectivity index (χ2v) is 3.31. The van der Waals surface area contributed by atoms with E-state index in [-0.39, 0.29) is 0 Å². The molecule has 84 valence electrons. The fraction of sp³-hybridized carbons (Fsp3) is 0. The summed E-state index contributed by atoms with van der Waals surface area (Å²) in [6, 6.07) is 9.26. The quantitative estimate of drug-likeness (QED) is 0.670. The van der Waals surface area contributed by atoms with Crippen molar-refractivity contribution in [2.24, 2.45) is 0 Å². The van der Waals surface area contributed by atoms with Crippen LogP contribution in [-0.2, 0) is 0 Å². The van der Waals surface area contributed by atoms with E-state index in [1.807, 2.05) is 24.3 Å². The summed E-state index contributed by atoms with van der Waals surface area (Å²) in [6.07, 6.45) is 6.74. The Bertz CT molecular complexity index is 587. The molecule has 0 spiro atoms. The molecule has 0 aliphatic heterocycles. The van der Waals surface area contributed by atoms with Gasteiger partial charge in [0.25, 0.3) is 0 Å². The summed E-state index contributed by atoms with van der Waals surface area (Å²) in [4.78, 5) is 12.2. The van der Waals surface area contributed by atoms with E-state index in [9.17, 15) is 0 Å². The highest BCUT2D eigenvalue weighted by molar-refractivity contribution is 5.52. The number of pyridine rings is 1. The average molecular weight is 227 g/mol. The first kappa shape index (κ1) is 9.59. The Morgan fingerprint density at radius 1 is 0.882 bits per heavy atom. The van der Waals surface area contributed by atoms with Crippen LogP contribution in [0.5, 0.6) is 0 Å². The second kappa shape index (κ2) is 4.09. The van der Waals surface area contributed by atoms with E-state index in [1.165, 1.54) is 9.69 Å². The molecule has 0 aliphatic carbocycles. The number of nitrogens with zero attached hydrogens (tertiary/aromatic N) is 5. The Balaban J connectivity index is 1.84. The van der Waals surface area contributed by atoms with Gasteiger partial charge in [0.05, 0.1) is 24.3 Å². The SMILES string of the molecule is c1ccc(-c2ccn(On3cccn3)n2)nc1. The van der Waals surface area contributed by atoms with Gasteiger partial charge in [0.1, 0.15) is 5.69 Å². The smallest absolute Gasteiger partial charge is 0.114 e. The van der Waals surface area contributed by atoms with Crippen LogP contribution in [0.4, 0.5) is 0 Å². The molecule has 3 rings (SSSR count). The largest absolute Gasteiger partial charge is 0.255 e. The topological polar surface area (TPSA) is 57.8 Å². The van der Waals surface area contributed by atoms with E-state index in [0.29, 0.717) is 0 Å². The maximum Gasteiger partial charge on any atom is 0.114 e. The minimum absolute atomic E-state index is 0.748. The van der Waals surface area contributed by atoms with Crippen LogP contribution in [0.15, 0.2) is 55.1 Å². The van der Waals surface area contributed by atoms with Crippen molar-refractivity contribution in [2.45, 2.75) is 0 Å². The fourth-order valence-corrected chi connectivity index (χ4v) is 1.39. The zero-order valence-electron chi connectivity index (χ0n) is 8.84. The van der Waals surface area contributed by atoms with Crippen molar-refractivity contribution in [3.8, 4) is 11.4 Å². The maximum atomic E-state index is 5.30. The third kappa shape index (κ3) is 2.00. The van der Waals surface area contributed by atoms with Crippen molar-refractivity contribution in [3.63, 3.8) is 0 Å². The van der Waals surface area contributed by atoms with Crippen LogP contribution in [0.25, 0.3) is 11.4 Å². The molecule has 0 saturated carbocycles. The van der Waals surface area contributed by atoms with Gasteiger partial charge in [0.2, 0.25) is 0 Å². The zero-order valence-corrected chi connectivity index (χ0v) is 8.84. The van der Waals surface area contributed by atoms with E-state index in [4.69, 9.17) is 4.94 Å². The highest BCUT2D eigenvalue weighted by Gasteiger charge is 2.03. The number of hydrogen-bond acceptors (Lipinski definition) is 4. The molecule has 3 aromatic heterocycles. The molecule has 3 aromatic rings. The van der Waals surface area contributed by atoms with Crippen LogP contribution in [0.3, 0.4) is 0 Å². The van der Waals surface area contributed by atoms with Gasteiger partial charge in [-0.15, -0.1) is 10.2 Å². The number of aromatic nitrogens is 5. The normalized spacial score (nSPS) is 10.4. The van der Waals surface area contributed by atoms with E-state index in [2.05, 4.69) is 15.2 Å². The molecule has 6 nitrogen and oxygen atoms in total. The third-order valence-corrected chi connectivity index (χ3v) is 2.14. The number of rotatable bonds is 3. The average Bonchev–Trinajstić information content (AvgIpc) is 3.02. The van der Waals surface area contributed by atoms with Crippen molar-refractivity contribution in [2.75, 3.05) is 0 Å². The van der Waals surface area contributed by atoms with Gasteiger partial charge >= 0.3 is 0 Å². The lowest BCUT2D eigenvalue weighted by Gasteiger charge is -2.01. The first-order valence-electron chi connectivity index (χ1n) is 5.07.